The van der Waals surface area contributed by atoms with E-state index in [1.807, 2.05) is 0 Å². The second kappa shape index (κ2) is 4.19. The summed E-state index contributed by atoms with van der Waals surface area (Å²) < 4.78 is 42.4. The minimum absolute atomic E-state index is 0.230. The van der Waals surface area contributed by atoms with Crippen LogP contribution in [0.15, 0.2) is 0 Å². The molecule has 13 heavy (non-hydrogen) atoms. The van der Waals surface area contributed by atoms with Crippen molar-refractivity contribution in [3.8, 4) is 0 Å². The molecule has 0 saturated carbocycles. The van der Waals surface area contributed by atoms with Crippen LogP contribution in [0.25, 0.3) is 0 Å². The Morgan fingerprint density at radius 1 is 1.00 bits per heavy atom. The lowest BCUT2D eigenvalue weighted by Crippen LogP contribution is -2.17. The maximum absolute atomic E-state index is 10.9. The van der Waals surface area contributed by atoms with Gasteiger partial charge in [-0.25, -0.2) is 16.8 Å². The van der Waals surface area contributed by atoms with Gasteiger partial charge in [0.2, 0.25) is 0 Å². The van der Waals surface area contributed by atoms with Gasteiger partial charge >= 0.3 is 0 Å². The van der Waals surface area contributed by atoms with Crippen LogP contribution >= 0.6 is 0 Å². The van der Waals surface area contributed by atoms with E-state index < -0.39 is 31.2 Å². The summed E-state index contributed by atoms with van der Waals surface area (Å²) in [4.78, 5) is 10.9. The monoisotopic (exact) mass is 228 g/mol. The highest BCUT2D eigenvalue weighted by Gasteiger charge is 2.13. The quantitative estimate of drug-likeness (QED) is 0.604. The Morgan fingerprint density at radius 3 is 1.77 bits per heavy atom. The number of carbonyl (C=O) groups excluding carboxylic acids is 1. The van der Waals surface area contributed by atoms with Crippen molar-refractivity contribution in [3.63, 3.8) is 0 Å². The molecule has 78 valence electrons. The molecule has 0 saturated heterocycles. The van der Waals surface area contributed by atoms with Gasteiger partial charge in [0.1, 0.15) is 21.4 Å². The lowest BCUT2D eigenvalue weighted by molar-refractivity contribution is -0.116. The average Bonchev–Trinajstić information content (AvgIpc) is 1.78. The smallest absolute Gasteiger partial charge is 0.154 e. The molecule has 5 nitrogen and oxygen atoms in total. The molecule has 0 aliphatic heterocycles. The van der Waals surface area contributed by atoms with Crippen molar-refractivity contribution in [1.82, 2.24) is 0 Å². The lowest BCUT2D eigenvalue weighted by atomic mass is 10.3. The van der Waals surface area contributed by atoms with E-state index in [1.165, 1.54) is 0 Å². The third-order valence-electron chi connectivity index (χ3n) is 1.17. The third-order valence-corrected chi connectivity index (χ3v) is 2.97. The normalized spacial score (nSPS) is 12.8. The lowest BCUT2D eigenvalue weighted by Gasteiger charge is -1.97. The van der Waals surface area contributed by atoms with Crippen molar-refractivity contribution in [2.45, 2.75) is 6.42 Å². The van der Waals surface area contributed by atoms with Crippen LogP contribution in [0.3, 0.4) is 0 Å². The van der Waals surface area contributed by atoms with E-state index >= 15 is 0 Å². The zero-order valence-electron chi connectivity index (χ0n) is 7.48. The Morgan fingerprint density at radius 2 is 1.46 bits per heavy atom. The van der Waals surface area contributed by atoms with E-state index in [9.17, 15) is 21.6 Å². The zero-order chi connectivity index (χ0) is 10.7. The predicted octanol–water partition coefficient (Wildman–Crippen LogP) is -0.965. The van der Waals surface area contributed by atoms with Crippen LogP contribution in [-0.4, -0.2) is 46.6 Å². The van der Waals surface area contributed by atoms with E-state index in [0.29, 0.717) is 0 Å². The largest absolute Gasteiger partial charge is 0.299 e. The maximum atomic E-state index is 10.9. The SMILES string of the molecule is CS(=O)(=O)CCC(=O)CS(C)(=O)=O. The summed E-state index contributed by atoms with van der Waals surface area (Å²) in [6.45, 7) is 0. The van der Waals surface area contributed by atoms with Crippen LogP contribution in [-0.2, 0) is 24.5 Å². The zero-order valence-corrected chi connectivity index (χ0v) is 9.11. The van der Waals surface area contributed by atoms with Crippen LogP contribution in [0.2, 0.25) is 0 Å². The van der Waals surface area contributed by atoms with Gasteiger partial charge in [-0.3, -0.25) is 4.79 Å². The highest BCUT2D eigenvalue weighted by Crippen LogP contribution is 1.93. The number of sulfone groups is 2. The Balaban J connectivity index is 4.07. The molecule has 0 aliphatic rings. The second-order valence-electron chi connectivity index (χ2n) is 2.99. The topological polar surface area (TPSA) is 85.3 Å². The fourth-order valence-electron chi connectivity index (χ4n) is 0.664. The Labute approximate surface area is 78.0 Å². The summed E-state index contributed by atoms with van der Waals surface area (Å²) in [6, 6.07) is 0. The molecule has 0 rings (SSSR count). The van der Waals surface area contributed by atoms with Gasteiger partial charge in [0.25, 0.3) is 0 Å². The summed E-state index contributed by atoms with van der Waals surface area (Å²) in [5, 5.41) is 0. The van der Waals surface area contributed by atoms with E-state index in [2.05, 4.69) is 0 Å². The van der Waals surface area contributed by atoms with E-state index in [1.54, 1.807) is 0 Å². The summed E-state index contributed by atoms with van der Waals surface area (Å²) >= 11 is 0. The molecule has 0 radical (unpaired) electrons. The molecular formula is C6H12O5S2. The molecule has 0 aromatic rings. The number of hydrogen-bond acceptors (Lipinski definition) is 5. The molecule has 0 N–H and O–H groups in total. The molecule has 0 unspecified atom stereocenters. The molecule has 0 atom stereocenters. The Hall–Kier alpha value is -0.430. The first kappa shape index (κ1) is 12.6. The number of carbonyl (C=O) groups is 1. The van der Waals surface area contributed by atoms with Gasteiger partial charge in [0.15, 0.2) is 9.84 Å². The number of hydrogen-bond donors (Lipinski definition) is 0. The number of Topliss-reactive ketones (excluding diaryl/α,β-unsaturated/α-hetero) is 1. The van der Waals surface area contributed by atoms with Crippen molar-refractivity contribution in [3.05, 3.63) is 0 Å². The summed E-state index contributed by atoms with van der Waals surface area (Å²) in [5.74, 6) is -1.43. The van der Waals surface area contributed by atoms with Gasteiger partial charge in [0, 0.05) is 18.9 Å². The first-order chi connectivity index (χ1) is 5.60. The Kier molecular flexibility index (Phi) is 4.05. The second-order valence-corrected chi connectivity index (χ2v) is 7.39. The van der Waals surface area contributed by atoms with Gasteiger partial charge < -0.3 is 0 Å². The number of rotatable bonds is 5. The van der Waals surface area contributed by atoms with Crippen LogP contribution in [0.4, 0.5) is 0 Å². The molecule has 0 aromatic carbocycles. The highest BCUT2D eigenvalue weighted by molar-refractivity contribution is 7.91. The maximum Gasteiger partial charge on any atom is 0.154 e. The van der Waals surface area contributed by atoms with E-state index in [4.69, 9.17) is 0 Å². The van der Waals surface area contributed by atoms with Gasteiger partial charge in [-0.05, 0) is 0 Å². The fraction of sp³-hybridized carbons (Fsp3) is 0.833. The molecule has 0 spiro atoms. The molecular weight excluding hydrogens is 216 g/mol. The molecule has 0 aliphatic carbocycles. The van der Waals surface area contributed by atoms with Gasteiger partial charge in [-0.1, -0.05) is 0 Å². The molecule has 0 fully saturated rings. The third kappa shape index (κ3) is 9.48. The summed E-state index contributed by atoms with van der Waals surface area (Å²) in [5.41, 5.74) is 0. The van der Waals surface area contributed by atoms with Crippen molar-refractivity contribution in [1.29, 1.82) is 0 Å². The fourth-order valence-corrected chi connectivity index (χ4v) is 1.99. The van der Waals surface area contributed by atoms with Crippen molar-refractivity contribution in [2.24, 2.45) is 0 Å². The summed E-state index contributed by atoms with van der Waals surface area (Å²) in [7, 11) is -6.53. The first-order valence-electron chi connectivity index (χ1n) is 3.47. The molecule has 7 heteroatoms. The average molecular weight is 228 g/mol. The molecule has 0 bridgehead atoms. The number of ketones is 1. The molecule has 0 heterocycles. The molecule has 0 aromatic heterocycles. The van der Waals surface area contributed by atoms with Crippen LogP contribution < -0.4 is 0 Å². The van der Waals surface area contributed by atoms with Crippen molar-refractivity contribution in [2.75, 3.05) is 24.0 Å². The van der Waals surface area contributed by atoms with Crippen molar-refractivity contribution >= 4 is 25.5 Å². The van der Waals surface area contributed by atoms with E-state index in [0.717, 1.165) is 12.5 Å². The van der Waals surface area contributed by atoms with Gasteiger partial charge in [-0.2, -0.15) is 0 Å². The van der Waals surface area contributed by atoms with Gasteiger partial charge in [0.05, 0.1) is 5.75 Å². The first-order valence-corrected chi connectivity index (χ1v) is 7.59. The van der Waals surface area contributed by atoms with Crippen LogP contribution in [0, 0.1) is 0 Å². The Bertz CT molecular complexity index is 375. The minimum Gasteiger partial charge on any atom is -0.299 e. The molecule has 0 amide bonds. The van der Waals surface area contributed by atoms with E-state index in [-0.39, 0.29) is 12.2 Å². The minimum atomic E-state index is -3.34. The van der Waals surface area contributed by atoms with Gasteiger partial charge in [-0.15, -0.1) is 0 Å². The van der Waals surface area contributed by atoms with Crippen LogP contribution in [0.1, 0.15) is 6.42 Å². The highest BCUT2D eigenvalue weighted by atomic mass is 32.2. The summed E-state index contributed by atoms with van der Waals surface area (Å²) in [6.07, 6.45) is 1.71. The standard InChI is InChI=1S/C6H12O5S2/c1-12(8,9)4-3-6(7)5-13(2,10)11/h3-5H2,1-2H3. The van der Waals surface area contributed by atoms with Crippen molar-refractivity contribution < 1.29 is 21.6 Å². The van der Waals surface area contributed by atoms with Crippen LogP contribution in [0.5, 0.6) is 0 Å². The predicted molar refractivity (Wildman–Crippen MR) is 49.0 cm³/mol.